The zero-order valence-electron chi connectivity index (χ0n) is 10.9. The van der Waals surface area contributed by atoms with Crippen LogP contribution in [0.25, 0.3) is 0 Å². The van der Waals surface area contributed by atoms with E-state index < -0.39 is 8.02 Å². The van der Waals surface area contributed by atoms with Gasteiger partial charge in [-0.05, 0) is 18.8 Å². The molecule has 2 aliphatic heterocycles. The van der Waals surface area contributed by atoms with Crippen LogP contribution >= 0.6 is 8.02 Å². The molecule has 0 aliphatic carbocycles. The maximum absolute atomic E-state index is 5.51. The smallest absolute Gasteiger partial charge is 0.198 e. The van der Waals surface area contributed by atoms with E-state index in [2.05, 4.69) is 20.5 Å². The highest BCUT2D eigenvalue weighted by Gasteiger charge is 2.57. The summed E-state index contributed by atoms with van der Waals surface area (Å²) in [5, 5.41) is 0. The van der Waals surface area contributed by atoms with E-state index in [0.29, 0.717) is 11.7 Å². The van der Waals surface area contributed by atoms with Gasteiger partial charge in [0.25, 0.3) is 0 Å². The predicted octanol–water partition coefficient (Wildman–Crippen LogP) is 2.63. The number of hydrogen-bond acceptors (Lipinski definition) is 6. The summed E-state index contributed by atoms with van der Waals surface area (Å²) in [4.78, 5) is 0. The van der Waals surface area contributed by atoms with Crippen LogP contribution in [0.3, 0.4) is 0 Å². The van der Waals surface area contributed by atoms with Crippen molar-refractivity contribution in [1.29, 1.82) is 0 Å². The minimum atomic E-state index is -2.69. The Morgan fingerprint density at radius 2 is 1.10 bits per heavy atom. The van der Waals surface area contributed by atoms with Crippen LogP contribution in [-0.4, -0.2) is 11.7 Å². The van der Waals surface area contributed by atoms with E-state index in [1.54, 1.807) is 0 Å². The molecule has 0 aromatic heterocycles. The highest BCUT2D eigenvalue weighted by Crippen LogP contribution is 2.67. The van der Waals surface area contributed by atoms with Crippen molar-refractivity contribution in [1.82, 2.24) is 11.0 Å². The van der Waals surface area contributed by atoms with Gasteiger partial charge in [0.2, 0.25) is 11.7 Å². The Hall–Kier alpha value is -2.27. The van der Waals surface area contributed by atoms with E-state index in [1.807, 2.05) is 60.7 Å². The molecule has 2 aromatic carbocycles. The van der Waals surface area contributed by atoms with Gasteiger partial charge in [0.1, 0.15) is 0 Å². The van der Waals surface area contributed by atoms with E-state index in [4.69, 9.17) is 9.25 Å². The second-order valence-corrected chi connectivity index (χ2v) is 6.25. The molecular weight excluding hydrogens is 287 g/mol. The number of nitrogens with one attached hydrogen (secondary N) is 2. The number of benzene rings is 2. The van der Waals surface area contributed by atoms with Gasteiger partial charge in [0.15, 0.2) is 0 Å². The topological polar surface area (TPSA) is 67.2 Å². The molecule has 2 N–H and O–H groups in total. The van der Waals surface area contributed by atoms with Crippen molar-refractivity contribution < 1.29 is 9.25 Å². The second kappa shape index (κ2) is 4.93. The van der Waals surface area contributed by atoms with Gasteiger partial charge in [-0.1, -0.05) is 60.7 Å². The third-order valence-corrected chi connectivity index (χ3v) is 4.63. The lowest BCUT2D eigenvalue weighted by Crippen LogP contribution is -2.18. The molecule has 104 valence electrons. The van der Waals surface area contributed by atoms with Crippen molar-refractivity contribution in [3.05, 3.63) is 71.8 Å². The molecule has 4 rings (SSSR count). The van der Waals surface area contributed by atoms with Crippen LogP contribution in [0.1, 0.15) is 11.1 Å². The zero-order valence-corrected chi connectivity index (χ0v) is 11.8. The molecule has 0 bridgehead atoms. The molecule has 6 nitrogen and oxygen atoms in total. The van der Waals surface area contributed by atoms with E-state index in [9.17, 15) is 0 Å². The lowest BCUT2D eigenvalue weighted by Gasteiger charge is -1.96. The Kier molecular flexibility index (Phi) is 2.93. The van der Waals surface area contributed by atoms with Crippen LogP contribution < -0.4 is 11.0 Å². The number of hydroxylamine groups is 2. The SMILES string of the molecule is c1ccc(C2=N[P+]3(N=C(c4ccccc4)NO3)ON2)cc1. The van der Waals surface area contributed by atoms with Crippen molar-refractivity contribution in [2.75, 3.05) is 0 Å². The first-order chi connectivity index (χ1) is 10.3. The Bertz CT molecular complexity index is 655. The molecule has 0 saturated carbocycles. The standard InChI is InChI=1S/C14H12N4O2P/c1-3-7-11(8-4-1)13-15-19-21(17-13)18-14(16-20-21)12-9-5-2-6-10-12/h1-10H,(H,15,17)(H,16,18)/q+1. The number of hydrogen-bond donors (Lipinski definition) is 2. The van der Waals surface area contributed by atoms with E-state index >= 15 is 0 Å². The van der Waals surface area contributed by atoms with Crippen molar-refractivity contribution in [3.8, 4) is 0 Å². The number of rotatable bonds is 2. The molecule has 7 heteroatoms. The quantitative estimate of drug-likeness (QED) is 0.837. The first-order valence-electron chi connectivity index (χ1n) is 6.44. The van der Waals surface area contributed by atoms with Crippen molar-refractivity contribution >= 4 is 19.7 Å². The van der Waals surface area contributed by atoms with Crippen LogP contribution in [-0.2, 0) is 9.25 Å². The zero-order chi connectivity index (χ0) is 14.1. The van der Waals surface area contributed by atoms with Gasteiger partial charge in [0.05, 0.1) is 0 Å². The average Bonchev–Trinajstić information content (AvgIpc) is 3.17. The Labute approximate surface area is 122 Å². The highest BCUT2D eigenvalue weighted by atomic mass is 31.2. The molecule has 2 aromatic rings. The molecule has 21 heavy (non-hydrogen) atoms. The third kappa shape index (κ3) is 2.29. The van der Waals surface area contributed by atoms with Crippen molar-refractivity contribution in [2.45, 2.75) is 0 Å². The molecule has 2 aliphatic rings. The second-order valence-electron chi connectivity index (χ2n) is 4.51. The van der Waals surface area contributed by atoms with Gasteiger partial charge in [-0.2, -0.15) is 11.0 Å². The molecule has 0 fully saturated rings. The lowest BCUT2D eigenvalue weighted by molar-refractivity contribution is 0.195. The molecule has 1 spiro atoms. The van der Waals surface area contributed by atoms with E-state index in [1.165, 1.54) is 0 Å². The normalized spacial score (nSPS) is 18.9. The first-order valence-corrected chi connectivity index (χ1v) is 7.97. The first kappa shape index (κ1) is 12.5. The molecule has 0 unspecified atom stereocenters. The van der Waals surface area contributed by atoms with Gasteiger partial charge in [-0.3, -0.25) is 0 Å². The van der Waals surface area contributed by atoms with E-state index in [0.717, 1.165) is 11.1 Å². The third-order valence-electron chi connectivity index (χ3n) is 3.07. The molecule has 0 atom stereocenters. The van der Waals surface area contributed by atoms with Gasteiger partial charge < -0.3 is 0 Å². The maximum Gasteiger partial charge on any atom is 0.583 e. The van der Waals surface area contributed by atoms with E-state index in [-0.39, 0.29) is 0 Å². The minimum Gasteiger partial charge on any atom is -0.198 e. The molecule has 0 radical (unpaired) electrons. The highest BCUT2D eigenvalue weighted by molar-refractivity contribution is 7.64. The summed E-state index contributed by atoms with van der Waals surface area (Å²) >= 11 is 0. The Balaban J connectivity index is 1.65. The van der Waals surface area contributed by atoms with Gasteiger partial charge in [-0.25, -0.2) is 0 Å². The lowest BCUT2D eigenvalue weighted by atomic mass is 10.2. The largest absolute Gasteiger partial charge is 0.583 e. The summed E-state index contributed by atoms with van der Waals surface area (Å²) in [6.45, 7) is 0. The summed E-state index contributed by atoms with van der Waals surface area (Å²) in [6.07, 6.45) is 0. The monoisotopic (exact) mass is 299 g/mol. The van der Waals surface area contributed by atoms with Gasteiger partial charge in [0, 0.05) is 11.1 Å². The fourth-order valence-corrected chi connectivity index (χ4v) is 3.52. The predicted molar refractivity (Wildman–Crippen MR) is 81.3 cm³/mol. The number of nitrogens with zero attached hydrogens (tertiary/aromatic N) is 2. The summed E-state index contributed by atoms with van der Waals surface area (Å²) in [5.41, 5.74) is 7.47. The van der Waals surface area contributed by atoms with Crippen molar-refractivity contribution in [3.63, 3.8) is 0 Å². The fraction of sp³-hybridized carbons (Fsp3) is 0. The minimum absolute atomic E-state index is 0.629. The summed E-state index contributed by atoms with van der Waals surface area (Å²) in [5.74, 6) is 1.26. The Morgan fingerprint density at radius 3 is 1.52 bits per heavy atom. The molecular formula is C14H12N4O2P+. The van der Waals surface area contributed by atoms with Crippen LogP contribution in [0.5, 0.6) is 0 Å². The molecule has 0 amide bonds. The van der Waals surface area contributed by atoms with Gasteiger partial charge >= 0.3 is 8.02 Å². The van der Waals surface area contributed by atoms with Gasteiger partial charge in [-0.15, -0.1) is 0 Å². The van der Waals surface area contributed by atoms with Crippen LogP contribution in [0.2, 0.25) is 0 Å². The maximum atomic E-state index is 5.51. The average molecular weight is 299 g/mol. The summed E-state index contributed by atoms with van der Waals surface area (Å²) < 4.78 is 20.0. The fourth-order valence-electron chi connectivity index (χ4n) is 2.05. The van der Waals surface area contributed by atoms with Crippen LogP contribution in [0, 0.1) is 0 Å². The molecule has 0 saturated heterocycles. The van der Waals surface area contributed by atoms with Crippen LogP contribution in [0.4, 0.5) is 0 Å². The summed E-state index contributed by atoms with van der Waals surface area (Å²) in [7, 11) is -2.69. The van der Waals surface area contributed by atoms with Crippen molar-refractivity contribution in [2.24, 2.45) is 9.53 Å². The molecule has 2 heterocycles. The summed E-state index contributed by atoms with van der Waals surface area (Å²) in [6, 6.07) is 19.4. The van der Waals surface area contributed by atoms with Crippen LogP contribution in [0.15, 0.2) is 70.2 Å². The Morgan fingerprint density at radius 1 is 0.667 bits per heavy atom. The number of amidine groups is 2.